The fourth-order valence-corrected chi connectivity index (χ4v) is 2.79. The summed E-state index contributed by atoms with van der Waals surface area (Å²) in [4.78, 5) is 23.5. The lowest BCUT2D eigenvalue weighted by Crippen LogP contribution is -2.40. The highest BCUT2D eigenvalue weighted by Gasteiger charge is 2.32. The highest BCUT2D eigenvalue weighted by molar-refractivity contribution is 6.46. The topological polar surface area (TPSA) is 130 Å². The number of carboxylic acid groups (broad SMARTS) is 1. The highest BCUT2D eigenvalue weighted by Crippen LogP contribution is 2.34. The molecule has 0 aliphatic carbocycles. The van der Waals surface area contributed by atoms with E-state index in [1.165, 1.54) is 56.3 Å². The van der Waals surface area contributed by atoms with Gasteiger partial charge in [0.05, 0.1) is 11.8 Å². The molecule has 0 aliphatic heterocycles. The quantitative estimate of drug-likeness (QED) is 0.537. The Kier molecular flexibility index (Phi) is 7.01. The number of nitriles is 2. The maximum atomic E-state index is 14.8. The second-order valence-electron chi connectivity index (χ2n) is 6.45. The first-order valence-corrected chi connectivity index (χ1v) is 8.93. The summed E-state index contributed by atoms with van der Waals surface area (Å²) in [6, 6.07) is 12.3. The molecule has 10 heteroatoms. The standard InChI is InChI=1S/C21H17F2N5O3/c1-3-28(20(30)31)19(29)18(11-24)27-26-15-8-9-16(17(23)10-15)21(2,12-25)13-4-6-14(22)7-5-13/h4-10,26H,3H2,1-2H3,(H,30,31)/b27-18-. The maximum absolute atomic E-state index is 14.8. The zero-order chi connectivity index (χ0) is 23.2. The fourth-order valence-electron chi connectivity index (χ4n) is 2.79. The van der Waals surface area contributed by atoms with Crippen LogP contribution in [0.25, 0.3) is 0 Å². The number of hydrogen-bond acceptors (Lipinski definition) is 6. The number of halogens is 2. The normalized spacial score (nSPS) is 12.8. The third-order valence-corrected chi connectivity index (χ3v) is 4.55. The first kappa shape index (κ1) is 23.0. The molecule has 2 aromatic carbocycles. The number of carbonyl (C=O) groups is 2. The molecule has 1 unspecified atom stereocenters. The van der Waals surface area contributed by atoms with Crippen LogP contribution >= 0.6 is 0 Å². The number of benzene rings is 2. The maximum Gasteiger partial charge on any atom is 0.414 e. The summed E-state index contributed by atoms with van der Waals surface area (Å²) in [6.07, 6.45) is -1.54. The van der Waals surface area contributed by atoms with Crippen molar-refractivity contribution < 1.29 is 23.5 Å². The average molecular weight is 425 g/mol. The second-order valence-corrected chi connectivity index (χ2v) is 6.45. The summed E-state index contributed by atoms with van der Waals surface area (Å²) < 4.78 is 28.0. The van der Waals surface area contributed by atoms with Gasteiger partial charge in [-0.25, -0.2) is 18.5 Å². The predicted octanol–water partition coefficient (Wildman–Crippen LogP) is 3.61. The summed E-state index contributed by atoms with van der Waals surface area (Å²) in [6.45, 7) is 2.71. The van der Waals surface area contributed by atoms with E-state index in [9.17, 15) is 23.6 Å². The van der Waals surface area contributed by atoms with Gasteiger partial charge in [-0.05, 0) is 43.7 Å². The van der Waals surface area contributed by atoms with Crippen molar-refractivity contribution in [2.45, 2.75) is 19.3 Å². The SMILES string of the molecule is CCN(C(=O)O)C(=O)/C(C#N)=N\Nc1ccc(C(C)(C#N)c2ccc(F)cc2)c(F)c1. The minimum absolute atomic E-state index is 0.0238. The third-order valence-electron chi connectivity index (χ3n) is 4.55. The van der Waals surface area contributed by atoms with E-state index in [4.69, 9.17) is 10.4 Å². The van der Waals surface area contributed by atoms with Crippen LogP contribution in [0.4, 0.5) is 19.3 Å². The van der Waals surface area contributed by atoms with Crippen LogP contribution in [0.1, 0.15) is 25.0 Å². The van der Waals surface area contributed by atoms with Crippen molar-refractivity contribution >= 4 is 23.4 Å². The van der Waals surface area contributed by atoms with Crippen LogP contribution in [0.3, 0.4) is 0 Å². The lowest BCUT2D eigenvalue weighted by Gasteiger charge is -2.23. The summed E-state index contributed by atoms with van der Waals surface area (Å²) in [7, 11) is 0. The minimum atomic E-state index is -1.54. The number of hydrazone groups is 1. The van der Waals surface area contributed by atoms with Crippen molar-refractivity contribution in [2.24, 2.45) is 5.10 Å². The van der Waals surface area contributed by atoms with Crippen molar-refractivity contribution in [3.63, 3.8) is 0 Å². The van der Waals surface area contributed by atoms with Crippen molar-refractivity contribution in [1.82, 2.24) is 4.90 Å². The van der Waals surface area contributed by atoms with Gasteiger partial charge in [0.15, 0.2) is 0 Å². The van der Waals surface area contributed by atoms with Gasteiger partial charge in [0.2, 0.25) is 5.71 Å². The second kappa shape index (κ2) is 9.46. The van der Waals surface area contributed by atoms with Gasteiger partial charge >= 0.3 is 6.09 Å². The molecule has 8 nitrogen and oxygen atoms in total. The summed E-state index contributed by atoms with van der Waals surface area (Å²) >= 11 is 0. The van der Waals surface area contributed by atoms with Crippen molar-refractivity contribution in [3.8, 4) is 12.1 Å². The lowest BCUT2D eigenvalue weighted by atomic mass is 9.77. The summed E-state index contributed by atoms with van der Waals surface area (Å²) in [5.74, 6) is -2.40. The first-order valence-electron chi connectivity index (χ1n) is 8.93. The third kappa shape index (κ3) is 4.82. The number of imide groups is 1. The molecule has 0 aliphatic rings. The van der Waals surface area contributed by atoms with E-state index >= 15 is 0 Å². The lowest BCUT2D eigenvalue weighted by molar-refractivity contribution is -0.121. The van der Waals surface area contributed by atoms with E-state index in [1.54, 1.807) is 0 Å². The van der Waals surface area contributed by atoms with Gasteiger partial charge in [-0.15, -0.1) is 0 Å². The van der Waals surface area contributed by atoms with E-state index in [2.05, 4.69) is 10.5 Å². The van der Waals surface area contributed by atoms with Gasteiger partial charge in [-0.3, -0.25) is 10.2 Å². The molecule has 31 heavy (non-hydrogen) atoms. The Bertz CT molecular complexity index is 1120. The van der Waals surface area contributed by atoms with Gasteiger partial charge < -0.3 is 5.11 Å². The molecular weight excluding hydrogens is 408 g/mol. The molecule has 2 N–H and O–H groups in total. The Labute approximate surface area is 176 Å². The largest absolute Gasteiger partial charge is 0.465 e. The molecule has 2 rings (SSSR count). The Hall–Kier alpha value is -4.31. The Morgan fingerprint density at radius 1 is 1.19 bits per heavy atom. The molecule has 2 amide bonds. The van der Waals surface area contributed by atoms with Gasteiger partial charge in [0, 0.05) is 12.1 Å². The minimum Gasteiger partial charge on any atom is -0.465 e. The van der Waals surface area contributed by atoms with Crippen LogP contribution in [-0.2, 0) is 10.2 Å². The Morgan fingerprint density at radius 2 is 1.84 bits per heavy atom. The van der Waals surface area contributed by atoms with Crippen molar-refractivity contribution in [2.75, 3.05) is 12.0 Å². The Balaban J connectivity index is 2.34. The molecule has 0 heterocycles. The van der Waals surface area contributed by atoms with Gasteiger partial charge in [-0.2, -0.15) is 15.6 Å². The molecule has 0 saturated heterocycles. The molecule has 158 valence electrons. The number of anilines is 1. The average Bonchev–Trinajstić information content (AvgIpc) is 2.74. The molecule has 0 radical (unpaired) electrons. The highest BCUT2D eigenvalue weighted by atomic mass is 19.1. The number of nitrogens with one attached hydrogen (secondary N) is 1. The van der Waals surface area contributed by atoms with Crippen LogP contribution in [0.15, 0.2) is 47.6 Å². The van der Waals surface area contributed by atoms with Crippen LogP contribution in [0.5, 0.6) is 0 Å². The van der Waals surface area contributed by atoms with Crippen molar-refractivity contribution in [1.29, 1.82) is 10.5 Å². The molecule has 0 fully saturated rings. The van der Waals surface area contributed by atoms with E-state index in [0.717, 1.165) is 6.07 Å². The number of rotatable bonds is 6. The number of nitrogens with zero attached hydrogens (tertiary/aromatic N) is 4. The number of amides is 2. The molecule has 0 saturated carbocycles. The van der Waals surface area contributed by atoms with Crippen LogP contribution in [0.2, 0.25) is 0 Å². The molecule has 1 atom stereocenters. The summed E-state index contributed by atoms with van der Waals surface area (Å²) in [5, 5.41) is 31.3. The van der Waals surface area contributed by atoms with Gasteiger partial charge in [0.25, 0.3) is 5.91 Å². The predicted molar refractivity (Wildman–Crippen MR) is 107 cm³/mol. The van der Waals surface area contributed by atoms with Gasteiger partial charge in [0.1, 0.15) is 23.1 Å². The van der Waals surface area contributed by atoms with E-state index < -0.39 is 34.8 Å². The van der Waals surface area contributed by atoms with Crippen molar-refractivity contribution in [3.05, 3.63) is 65.2 Å². The van der Waals surface area contributed by atoms with Crippen LogP contribution in [0, 0.1) is 34.3 Å². The first-order chi connectivity index (χ1) is 14.7. The molecule has 0 aromatic heterocycles. The molecule has 2 aromatic rings. The molecule has 0 bridgehead atoms. The zero-order valence-electron chi connectivity index (χ0n) is 16.6. The van der Waals surface area contributed by atoms with E-state index in [0.29, 0.717) is 10.5 Å². The van der Waals surface area contributed by atoms with Crippen LogP contribution in [-0.4, -0.2) is 34.3 Å². The number of carbonyl (C=O) groups excluding carboxylic acids is 1. The number of hydrogen-bond donors (Lipinski definition) is 2. The van der Waals surface area contributed by atoms with E-state index in [-0.39, 0.29) is 17.8 Å². The zero-order valence-corrected chi connectivity index (χ0v) is 16.6. The molecular formula is C21H17F2N5O3. The smallest absolute Gasteiger partial charge is 0.414 e. The monoisotopic (exact) mass is 425 g/mol. The fraction of sp³-hybridized carbons (Fsp3) is 0.190. The van der Waals surface area contributed by atoms with Gasteiger partial charge in [-0.1, -0.05) is 18.2 Å². The van der Waals surface area contributed by atoms with E-state index in [1.807, 2.05) is 6.07 Å². The summed E-state index contributed by atoms with van der Waals surface area (Å²) in [5.41, 5.74) is 0.659. The van der Waals surface area contributed by atoms with Crippen LogP contribution < -0.4 is 5.43 Å². The Morgan fingerprint density at radius 3 is 2.32 bits per heavy atom. The molecule has 0 spiro atoms.